The molecule has 0 amide bonds. The third-order valence-corrected chi connectivity index (χ3v) is 3.05. The number of aldehydes is 1. The van der Waals surface area contributed by atoms with Crippen molar-refractivity contribution in [2.75, 3.05) is 0 Å². The molecule has 0 saturated heterocycles. The first-order chi connectivity index (χ1) is 9.85. The zero-order valence-electron chi connectivity index (χ0n) is 11.7. The van der Waals surface area contributed by atoms with Crippen molar-refractivity contribution in [2.24, 2.45) is 0 Å². The van der Waals surface area contributed by atoms with Gasteiger partial charge in [-0.1, -0.05) is 49.6 Å². The van der Waals surface area contributed by atoms with Crippen LogP contribution in [-0.2, 0) is 6.54 Å². The molecule has 0 atom stereocenters. The van der Waals surface area contributed by atoms with Crippen LogP contribution in [0.1, 0.15) is 47.9 Å². The molecule has 0 radical (unpaired) electrons. The Bertz CT molecular complexity index is 617. The van der Waals surface area contributed by atoms with E-state index < -0.39 is 0 Å². The molecule has 0 aliphatic heterocycles. The zero-order valence-corrected chi connectivity index (χ0v) is 11.7. The van der Waals surface area contributed by atoms with Gasteiger partial charge in [-0.15, -0.1) is 0 Å². The van der Waals surface area contributed by atoms with Crippen LogP contribution in [0.25, 0.3) is 0 Å². The lowest BCUT2D eigenvalue weighted by molar-refractivity contribution is 0.111. The van der Waals surface area contributed by atoms with E-state index in [1.807, 2.05) is 34.9 Å². The molecule has 1 aromatic carbocycles. The van der Waals surface area contributed by atoms with Crippen LogP contribution in [0.15, 0.2) is 36.7 Å². The topological polar surface area (TPSA) is 34.9 Å². The Balaban J connectivity index is 2.16. The number of nitrogens with zero attached hydrogens (tertiary/aromatic N) is 2. The molecule has 0 aliphatic carbocycles. The summed E-state index contributed by atoms with van der Waals surface area (Å²) in [6.07, 6.45) is 5.56. The van der Waals surface area contributed by atoms with Gasteiger partial charge in [-0.25, -0.2) is 4.98 Å². The van der Waals surface area contributed by atoms with E-state index in [1.54, 1.807) is 6.33 Å². The second-order valence-electron chi connectivity index (χ2n) is 4.62. The molecule has 3 heteroatoms. The van der Waals surface area contributed by atoms with Crippen molar-refractivity contribution in [1.29, 1.82) is 0 Å². The minimum atomic E-state index is 0.554. The molecule has 0 unspecified atom stereocenters. The fraction of sp³-hybridized carbons (Fsp3) is 0.294. The molecule has 2 rings (SSSR count). The van der Waals surface area contributed by atoms with Crippen LogP contribution in [-0.4, -0.2) is 15.8 Å². The van der Waals surface area contributed by atoms with Gasteiger partial charge in [-0.2, -0.15) is 0 Å². The summed E-state index contributed by atoms with van der Waals surface area (Å²) in [6, 6.07) is 10.0. The van der Waals surface area contributed by atoms with Crippen molar-refractivity contribution in [2.45, 2.75) is 32.7 Å². The molecule has 0 saturated carbocycles. The van der Waals surface area contributed by atoms with E-state index in [2.05, 4.69) is 23.7 Å². The van der Waals surface area contributed by atoms with E-state index in [0.717, 1.165) is 31.1 Å². The van der Waals surface area contributed by atoms with Crippen molar-refractivity contribution in [3.8, 4) is 11.8 Å². The molecule has 20 heavy (non-hydrogen) atoms. The summed E-state index contributed by atoms with van der Waals surface area (Å²) in [7, 11) is 0. The third-order valence-electron chi connectivity index (χ3n) is 3.05. The van der Waals surface area contributed by atoms with Gasteiger partial charge in [0.05, 0.1) is 6.33 Å². The van der Waals surface area contributed by atoms with Gasteiger partial charge in [0.15, 0.2) is 6.29 Å². The Kier molecular flexibility index (Phi) is 5.14. The lowest BCUT2D eigenvalue weighted by Gasteiger charge is -2.04. The van der Waals surface area contributed by atoms with Crippen molar-refractivity contribution < 1.29 is 4.79 Å². The number of benzene rings is 1. The van der Waals surface area contributed by atoms with Crippen molar-refractivity contribution in [3.05, 3.63) is 53.6 Å². The number of carbonyl (C=O) groups is 1. The van der Waals surface area contributed by atoms with Crippen LogP contribution < -0.4 is 0 Å². The summed E-state index contributed by atoms with van der Waals surface area (Å²) in [4.78, 5) is 15.5. The molecule has 1 heterocycles. The molecular formula is C17H18N2O. The van der Waals surface area contributed by atoms with Crippen LogP contribution in [0.2, 0.25) is 0 Å². The highest BCUT2D eigenvalue weighted by molar-refractivity contribution is 5.76. The molecule has 2 aromatic rings. The first kappa shape index (κ1) is 14.1. The first-order valence-electron chi connectivity index (χ1n) is 6.88. The van der Waals surface area contributed by atoms with Gasteiger partial charge in [0.2, 0.25) is 0 Å². The minimum Gasteiger partial charge on any atom is -0.323 e. The summed E-state index contributed by atoms with van der Waals surface area (Å²) in [6.45, 7) is 2.77. The summed E-state index contributed by atoms with van der Waals surface area (Å²) in [5.41, 5.74) is 2.27. The quantitative estimate of drug-likeness (QED) is 0.473. The molecule has 0 bridgehead atoms. The molecule has 0 aliphatic rings. The highest BCUT2D eigenvalue weighted by Gasteiger charge is 2.08. The van der Waals surface area contributed by atoms with Crippen molar-refractivity contribution in [3.63, 3.8) is 0 Å². The maximum Gasteiger partial charge on any atom is 0.169 e. The average Bonchev–Trinajstić information content (AvgIpc) is 2.86. The average molecular weight is 266 g/mol. The molecular weight excluding hydrogens is 248 g/mol. The number of hydrogen-bond donors (Lipinski definition) is 0. The van der Waals surface area contributed by atoms with Gasteiger partial charge in [-0.05, 0) is 17.9 Å². The predicted octanol–water partition coefficient (Wildman–Crippen LogP) is 3.29. The number of hydrogen-bond acceptors (Lipinski definition) is 2. The van der Waals surface area contributed by atoms with E-state index in [1.165, 1.54) is 0 Å². The Morgan fingerprint density at radius 3 is 2.80 bits per heavy atom. The van der Waals surface area contributed by atoms with Crippen molar-refractivity contribution >= 4 is 6.29 Å². The van der Waals surface area contributed by atoms with Crippen LogP contribution in [0.4, 0.5) is 0 Å². The Morgan fingerprint density at radius 2 is 2.10 bits per heavy atom. The van der Waals surface area contributed by atoms with E-state index in [-0.39, 0.29) is 0 Å². The second-order valence-corrected chi connectivity index (χ2v) is 4.62. The molecule has 0 N–H and O–H groups in total. The first-order valence-corrected chi connectivity index (χ1v) is 6.88. The molecule has 102 valence electrons. The molecule has 1 aromatic heterocycles. The van der Waals surface area contributed by atoms with Gasteiger partial charge in [0.1, 0.15) is 11.4 Å². The fourth-order valence-corrected chi connectivity index (χ4v) is 1.93. The molecule has 0 fully saturated rings. The van der Waals surface area contributed by atoms with E-state index in [0.29, 0.717) is 17.9 Å². The molecule has 0 spiro atoms. The Morgan fingerprint density at radius 1 is 1.30 bits per heavy atom. The fourth-order valence-electron chi connectivity index (χ4n) is 1.93. The summed E-state index contributed by atoms with van der Waals surface area (Å²) < 4.78 is 1.84. The van der Waals surface area contributed by atoms with Crippen LogP contribution in [0.3, 0.4) is 0 Å². The lowest BCUT2D eigenvalue weighted by atomic mass is 10.2. The SMILES string of the molecule is CCCCC#Cc1ncn(Cc2ccccc2)c1C=O. The van der Waals surface area contributed by atoms with Crippen molar-refractivity contribution in [1.82, 2.24) is 9.55 Å². The van der Waals surface area contributed by atoms with Crippen LogP contribution in [0, 0.1) is 11.8 Å². The summed E-state index contributed by atoms with van der Waals surface area (Å²) >= 11 is 0. The van der Waals surface area contributed by atoms with E-state index in [4.69, 9.17) is 0 Å². The maximum absolute atomic E-state index is 11.3. The van der Waals surface area contributed by atoms with Gasteiger partial charge in [0, 0.05) is 13.0 Å². The number of rotatable bonds is 5. The largest absolute Gasteiger partial charge is 0.323 e. The summed E-state index contributed by atoms with van der Waals surface area (Å²) in [5.74, 6) is 6.06. The standard InChI is InChI=1S/C17H18N2O/c1-2-3-4-8-11-16-17(13-20)19(14-18-16)12-15-9-6-5-7-10-15/h5-7,9-10,13-14H,2-4,12H2,1H3. The zero-order chi connectivity index (χ0) is 14.2. The maximum atomic E-state index is 11.3. The normalized spacial score (nSPS) is 9.85. The second kappa shape index (κ2) is 7.30. The number of imidazole rings is 1. The highest BCUT2D eigenvalue weighted by atomic mass is 16.1. The van der Waals surface area contributed by atoms with E-state index >= 15 is 0 Å². The number of aromatic nitrogens is 2. The van der Waals surface area contributed by atoms with Gasteiger partial charge in [-0.3, -0.25) is 4.79 Å². The lowest BCUT2D eigenvalue weighted by Crippen LogP contribution is -2.03. The van der Waals surface area contributed by atoms with Crippen LogP contribution >= 0.6 is 0 Å². The Hall–Kier alpha value is -2.34. The van der Waals surface area contributed by atoms with Gasteiger partial charge in [0.25, 0.3) is 0 Å². The minimum absolute atomic E-state index is 0.554. The predicted molar refractivity (Wildman–Crippen MR) is 79.6 cm³/mol. The van der Waals surface area contributed by atoms with Gasteiger partial charge < -0.3 is 4.57 Å². The van der Waals surface area contributed by atoms with Gasteiger partial charge >= 0.3 is 0 Å². The number of unbranched alkanes of at least 4 members (excludes halogenated alkanes) is 2. The number of carbonyl (C=O) groups excluding carboxylic acids is 1. The van der Waals surface area contributed by atoms with E-state index in [9.17, 15) is 4.79 Å². The molecule has 3 nitrogen and oxygen atoms in total. The monoisotopic (exact) mass is 266 g/mol. The smallest absolute Gasteiger partial charge is 0.169 e. The Labute approximate surface area is 119 Å². The highest BCUT2D eigenvalue weighted by Crippen LogP contribution is 2.08. The summed E-state index contributed by atoms with van der Waals surface area (Å²) in [5, 5.41) is 0. The van der Waals surface area contributed by atoms with Crippen LogP contribution in [0.5, 0.6) is 0 Å². The third kappa shape index (κ3) is 3.58.